The van der Waals surface area contributed by atoms with Gasteiger partial charge in [-0.2, -0.15) is 0 Å². The van der Waals surface area contributed by atoms with Crippen LogP contribution in [0.2, 0.25) is 0 Å². The number of hydrogen-bond donors (Lipinski definition) is 0. The van der Waals surface area contributed by atoms with Crippen LogP contribution in [0.25, 0.3) is 0 Å². The van der Waals surface area contributed by atoms with Gasteiger partial charge in [0, 0.05) is 18.5 Å². The van der Waals surface area contributed by atoms with E-state index in [1.165, 1.54) is 51.6 Å². The fourth-order valence-electron chi connectivity index (χ4n) is 4.14. The molecule has 3 aliphatic rings. The maximum Gasteiger partial charge on any atom is 0.138 e. The second-order valence-electron chi connectivity index (χ2n) is 7.13. The first kappa shape index (κ1) is 12.9. The van der Waals surface area contributed by atoms with E-state index in [0.717, 1.165) is 11.8 Å². The smallest absolute Gasteiger partial charge is 0.138 e. The van der Waals surface area contributed by atoms with E-state index in [1.807, 2.05) is 0 Å². The molecule has 1 aliphatic carbocycles. The molecule has 2 aliphatic heterocycles. The van der Waals surface area contributed by atoms with E-state index in [2.05, 4.69) is 25.7 Å². The predicted molar refractivity (Wildman–Crippen MR) is 74.4 cm³/mol. The van der Waals surface area contributed by atoms with Crippen molar-refractivity contribution in [2.75, 3.05) is 13.1 Å². The molecule has 0 bridgehead atoms. The Hall–Kier alpha value is -0.0800. The van der Waals surface area contributed by atoms with Gasteiger partial charge in [-0.15, -0.1) is 0 Å². The Morgan fingerprint density at radius 1 is 1.22 bits per heavy atom. The van der Waals surface area contributed by atoms with Crippen LogP contribution in [0.4, 0.5) is 0 Å². The van der Waals surface area contributed by atoms with Gasteiger partial charge in [-0.1, -0.05) is 27.2 Å². The molecule has 2 heteroatoms. The third-order valence-electron chi connectivity index (χ3n) is 6.00. The van der Waals surface area contributed by atoms with E-state index < -0.39 is 0 Å². The maximum atomic E-state index is 6.08. The van der Waals surface area contributed by atoms with Gasteiger partial charge in [0.2, 0.25) is 0 Å². The van der Waals surface area contributed by atoms with Crippen molar-refractivity contribution in [1.82, 2.24) is 4.90 Å². The molecule has 18 heavy (non-hydrogen) atoms. The first-order valence-electron chi connectivity index (χ1n) is 8.06. The Morgan fingerprint density at radius 3 is 2.33 bits per heavy atom. The van der Waals surface area contributed by atoms with Crippen LogP contribution in [0, 0.1) is 17.3 Å². The van der Waals surface area contributed by atoms with Crippen molar-refractivity contribution in [1.29, 1.82) is 0 Å². The van der Waals surface area contributed by atoms with Gasteiger partial charge in [-0.25, -0.2) is 0 Å². The Labute approximate surface area is 112 Å². The van der Waals surface area contributed by atoms with Crippen LogP contribution in [0.1, 0.15) is 59.3 Å². The van der Waals surface area contributed by atoms with Crippen molar-refractivity contribution >= 4 is 0 Å². The maximum absolute atomic E-state index is 6.08. The molecule has 0 amide bonds. The molecular formula is C16H29NO. The number of likely N-dealkylation sites (tertiary alicyclic amines) is 1. The van der Waals surface area contributed by atoms with Crippen molar-refractivity contribution in [3.63, 3.8) is 0 Å². The number of piperidine rings is 1. The van der Waals surface area contributed by atoms with Crippen molar-refractivity contribution in [3.05, 3.63) is 0 Å². The highest BCUT2D eigenvalue weighted by atomic mass is 16.6. The minimum atomic E-state index is 0.485. The Kier molecular flexibility index (Phi) is 3.44. The van der Waals surface area contributed by atoms with Crippen LogP contribution in [-0.4, -0.2) is 30.3 Å². The quantitative estimate of drug-likeness (QED) is 0.709. The van der Waals surface area contributed by atoms with Crippen LogP contribution >= 0.6 is 0 Å². The van der Waals surface area contributed by atoms with E-state index in [9.17, 15) is 0 Å². The molecule has 2 saturated heterocycles. The molecule has 0 aromatic heterocycles. The third kappa shape index (κ3) is 2.12. The summed E-state index contributed by atoms with van der Waals surface area (Å²) in [5.74, 6) is 1.80. The lowest BCUT2D eigenvalue weighted by Crippen LogP contribution is -2.42. The summed E-state index contributed by atoms with van der Waals surface area (Å²) in [5.41, 5.74) is 0.569. The van der Waals surface area contributed by atoms with Crippen molar-refractivity contribution in [3.8, 4) is 0 Å². The third-order valence-corrected chi connectivity index (χ3v) is 6.00. The first-order valence-corrected chi connectivity index (χ1v) is 8.06. The van der Waals surface area contributed by atoms with E-state index in [0.29, 0.717) is 17.7 Å². The molecule has 3 fully saturated rings. The molecule has 2 nitrogen and oxygen atoms in total. The molecular weight excluding hydrogens is 222 g/mol. The van der Waals surface area contributed by atoms with E-state index in [4.69, 9.17) is 4.74 Å². The topological polar surface area (TPSA) is 15.8 Å². The Bertz CT molecular complexity index is 284. The summed E-state index contributed by atoms with van der Waals surface area (Å²) in [4.78, 5) is 2.62. The fraction of sp³-hybridized carbons (Fsp3) is 1.00. The molecule has 0 spiro atoms. The van der Waals surface area contributed by atoms with E-state index in [-0.39, 0.29) is 0 Å². The average molecular weight is 251 g/mol. The lowest BCUT2D eigenvalue weighted by atomic mass is 9.64. The SMILES string of the molecule is CCC1(C2OC2N2CCC(C(C)C)CC2)CCC1. The van der Waals surface area contributed by atoms with Gasteiger partial charge in [0.05, 0.1) is 0 Å². The number of ether oxygens (including phenoxy) is 1. The predicted octanol–water partition coefficient (Wildman–Crippen LogP) is 3.66. The zero-order valence-corrected chi connectivity index (χ0v) is 12.3. The van der Waals surface area contributed by atoms with Gasteiger partial charge in [0.25, 0.3) is 0 Å². The monoisotopic (exact) mass is 251 g/mol. The highest BCUT2D eigenvalue weighted by molar-refractivity contribution is 5.04. The van der Waals surface area contributed by atoms with Crippen LogP contribution < -0.4 is 0 Å². The molecule has 0 N–H and O–H groups in total. The minimum absolute atomic E-state index is 0.485. The fourth-order valence-corrected chi connectivity index (χ4v) is 4.14. The van der Waals surface area contributed by atoms with Gasteiger partial charge >= 0.3 is 0 Å². The molecule has 1 saturated carbocycles. The summed E-state index contributed by atoms with van der Waals surface area (Å²) in [7, 11) is 0. The second kappa shape index (κ2) is 4.79. The standard InChI is InChI=1S/C16H29NO/c1-4-16(8-5-9-16)14-15(18-14)17-10-6-13(7-11-17)12(2)3/h12-15H,4-11H2,1-3H3. The minimum Gasteiger partial charge on any atom is -0.352 e. The molecule has 0 aromatic rings. The van der Waals surface area contributed by atoms with Gasteiger partial charge in [0.1, 0.15) is 12.3 Å². The zero-order valence-electron chi connectivity index (χ0n) is 12.3. The highest BCUT2D eigenvalue weighted by Crippen LogP contribution is 2.55. The molecule has 3 rings (SSSR count). The number of rotatable bonds is 4. The molecule has 2 heterocycles. The van der Waals surface area contributed by atoms with Crippen molar-refractivity contribution in [2.24, 2.45) is 17.3 Å². The van der Waals surface area contributed by atoms with Gasteiger partial charge in [-0.3, -0.25) is 4.90 Å². The van der Waals surface area contributed by atoms with E-state index >= 15 is 0 Å². The highest BCUT2D eigenvalue weighted by Gasteiger charge is 2.58. The molecule has 2 atom stereocenters. The second-order valence-corrected chi connectivity index (χ2v) is 7.13. The zero-order chi connectivity index (χ0) is 12.8. The number of hydrogen-bond acceptors (Lipinski definition) is 2. The number of epoxide rings is 1. The average Bonchev–Trinajstić information content (AvgIpc) is 3.09. The molecule has 0 radical (unpaired) electrons. The lowest BCUT2D eigenvalue weighted by Gasteiger charge is -2.41. The Balaban J connectivity index is 1.51. The van der Waals surface area contributed by atoms with Crippen LogP contribution in [0.5, 0.6) is 0 Å². The molecule has 0 aromatic carbocycles. The van der Waals surface area contributed by atoms with Crippen molar-refractivity contribution in [2.45, 2.75) is 71.6 Å². The Morgan fingerprint density at radius 2 is 1.89 bits per heavy atom. The molecule has 104 valence electrons. The molecule has 2 unspecified atom stereocenters. The lowest BCUT2D eigenvalue weighted by molar-refractivity contribution is 0.0812. The summed E-state index contributed by atoms with van der Waals surface area (Å²) in [6.07, 6.45) is 9.38. The summed E-state index contributed by atoms with van der Waals surface area (Å²) >= 11 is 0. The van der Waals surface area contributed by atoms with Gasteiger partial charge in [-0.05, 0) is 43.9 Å². The van der Waals surface area contributed by atoms with Crippen LogP contribution in [-0.2, 0) is 4.74 Å². The summed E-state index contributed by atoms with van der Waals surface area (Å²) in [6.45, 7) is 9.63. The normalized spacial score (nSPS) is 36.7. The van der Waals surface area contributed by atoms with Gasteiger partial charge < -0.3 is 4.74 Å². The van der Waals surface area contributed by atoms with Gasteiger partial charge in [0.15, 0.2) is 0 Å². The summed E-state index contributed by atoms with van der Waals surface area (Å²) in [5, 5.41) is 0. The summed E-state index contributed by atoms with van der Waals surface area (Å²) < 4.78 is 6.08. The van der Waals surface area contributed by atoms with Crippen LogP contribution in [0.3, 0.4) is 0 Å². The van der Waals surface area contributed by atoms with Crippen molar-refractivity contribution < 1.29 is 4.74 Å². The van der Waals surface area contributed by atoms with E-state index in [1.54, 1.807) is 0 Å². The number of nitrogens with zero attached hydrogens (tertiary/aromatic N) is 1. The first-order chi connectivity index (χ1) is 8.66. The largest absolute Gasteiger partial charge is 0.352 e. The van der Waals surface area contributed by atoms with Crippen LogP contribution in [0.15, 0.2) is 0 Å². The summed E-state index contributed by atoms with van der Waals surface area (Å²) in [6, 6.07) is 0.